The van der Waals surface area contributed by atoms with Gasteiger partial charge in [-0.1, -0.05) is 30.3 Å². The number of nitrogens with two attached hydrogens (primary N) is 1. The van der Waals surface area contributed by atoms with Gasteiger partial charge in [0.15, 0.2) is 0 Å². The van der Waals surface area contributed by atoms with Gasteiger partial charge in [0.1, 0.15) is 0 Å². The van der Waals surface area contributed by atoms with E-state index in [0.29, 0.717) is 6.04 Å². The lowest BCUT2D eigenvalue weighted by molar-refractivity contribution is 0.0586. The van der Waals surface area contributed by atoms with E-state index in [0.717, 1.165) is 19.5 Å². The van der Waals surface area contributed by atoms with Crippen LogP contribution in [-0.4, -0.2) is 23.0 Å². The minimum Gasteiger partial charge on any atom is -0.327 e. The largest absolute Gasteiger partial charge is 0.327 e. The number of benzene rings is 1. The lowest BCUT2D eigenvalue weighted by atomic mass is 9.88. The third-order valence-electron chi connectivity index (χ3n) is 3.65. The average molecular weight is 218 g/mol. The van der Waals surface area contributed by atoms with Gasteiger partial charge in [0.25, 0.3) is 0 Å². The Hall–Kier alpha value is -0.860. The molecule has 2 heteroatoms. The van der Waals surface area contributed by atoms with Crippen LogP contribution in [0.25, 0.3) is 0 Å². The van der Waals surface area contributed by atoms with E-state index in [-0.39, 0.29) is 5.54 Å². The van der Waals surface area contributed by atoms with Crippen molar-refractivity contribution in [1.29, 1.82) is 0 Å². The molecule has 88 valence electrons. The normalized spacial score (nSPS) is 25.6. The average Bonchev–Trinajstić information content (AvgIpc) is 2.26. The zero-order chi connectivity index (χ0) is 11.6. The molecule has 1 fully saturated rings. The molecule has 0 aliphatic carbocycles. The van der Waals surface area contributed by atoms with Crippen molar-refractivity contribution in [3.05, 3.63) is 35.9 Å². The Morgan fingerprint density at radius 1 is 1.31 bits per heavy atom. The maximum Gasteiger partial charge on any atom is 0.0239 e. The Morgan fingerprint density at radius 3 is 2.69 bits per heavy atom. The van der Waals surface area contributed by atoms with Gasteiger partial charge in [-0.25, -0.2) is 0 Å². The highest BCUT2D eigenvalue weighted by Crippen LogP contribution is 2.28. The fraction of sp³-hybridized carbons (Fsp3) is 0.571. The predicted molar refractivity (Wildman–Crippen MR) is 68.1 cm³/mol. The second kappa shape index (κ2) is 4.56. The number of hydrogen-bond acceptors (Lipinski definition) is 2. The zero-order valence-electron chi connectivity index (χ0n) is 10.3. The van der Waals surface area contributed by atoms with Crippen molar-refractivity contribution in [3.63, 3.8) is 0 Å². The van der Waals surface area contributed by atoms with Crippen molar-refractivity contribution in [1.82, 2.24) is 4.90 Å². The first kappa shape index (κ1) is 11.6. The first-order chi connectivity index (χ1) is 7.58. The second-order valence-electron chi connectivity index (χ2n) is 5.48. The summed E-state index contributed by atoms with van der Waals surface area (Å²) in [6, 6.07) is 11.0. The molecule has 1 heterocycles. The molecule has 2 nitrogen and oxygen atoms in total. The van der Waals surface area contributed by atoms with Crippen molar-refractivity contribution in [2.24, 2.45) is 5.73 Å². The molecule has 2 N–H and O–H groups in total. The van der Waals surface area contributed by atoms with E-state index in [1.165, 1.54) is 12.0 Å². The summed E-state index contributed by atoms with van der Waals surface area (Å²) in [6.45, 7) is 6.67. The summed E-state index contributed by atoms with van der Waals surface area (Å²) in [6.07, 6.45) is 2.35. The van der Waals surface area contributed by atoms with Crippen LogP contribution >= 0.6 is 0 Å². The van der Waals surface area contributed by atoms with Gasteiger partial charge in [0.05, 0.1) is 0 Å². The number of piperidine rings is 1. The van der Waals surface area contributed by atoms with Gasteiger partial charge < -0.3 is 5.73 Å². The summed E-state index contributed by atoms with van der Waals surface area (Å²) >= 11 is 0. The van der Waals surface area contributed by atoms with Crippen molar-refractivity contribution in [2.45, 2.75) is 44.8 Å². The van der Waals surface area contributed by atoms with E-state index in [9.17, 15) is 0 Å². The minimum absolute atomic E-state index is 0.283. The van der Waals surface area contributed by atoms with Crippen LogP contribution < -0.4 is 5.73 Å². The van der Waals surface area contributed by atoms with Crippen molar-refractivity contribution in [2.75, 3.05) is 6.54 Å². The maximum atomic E-state index is 6.06. The van der Waals surface area contributed by atoms with E-state index in [2.05, 4.69) is 49.1 Å². The Balaban J connectivity index is 2.07. The van der Waals surface area contributed by atoms with E-state index in [1.807, 2.05) is 0 Å². The van der Waals surface area contributed by atoms with Gasteiger partial charge in [-0.05, 0) is 32.3 Å². The smallest absolute Gasteiger partial charge is 0.0239 e. The molecule has 0 spiro atoms. The molecule has 1 atom stereocenters. The molecule has 1 aliphatic heterocycles. The number of rotatable bonds is 2. The highest BCUT2D eigenvalue weighted by Gasteiger charge is 2.32. The monoisotopic (exact) mass is 218 g/mol. The lowest BCUT2D eigenvalue weighted by Crippen LogP contribution is -2.53. The molecule has 2 rings (SSSR count). The standard InChI is InChI=1S/C14H22N2/c1-14(2)9-8-13(15)11-16(14)10-12-6-4-3-5-7-12/h3-7,13H,8-11,15H2,1-2H3/t13-/m0/s1. The topological polar surface area (TPSA) is 29.3 Å². The molecule has 0 bridgehead atoms. The van der Waals surface area contributed by atoms with Crippen LogP contribution in [0.2, 0.25) is 0 Å². The second-order valence-corrected chi connectivity index (χ2v) is 5.48. The Morgan fingerprint density at radius 2 is 2.00 bits per heavy atom. The Bertz CT molecular complexity index is 332. The summed E-state index contributed by atoms with van der Waals surface area (Å²) in [5.74, 6) is 0. The zero-order valence-corrected chi connectivity index (χ0v) is 10.3. The number of nitrogens with zero attached hydrogens (tertiary/aromatic N) is 1. The molecular weight excluding hydrogens is 196 g/mol. The highest BCUT2D eigenvalue weighted by atomic mass is 15.2. The summed E-state index contributed by atoms with van der Waals surface area (Å²) in [7, 11) is 0. The molecule has 0 aromatic heterocycles. The van der Waals surface area contributed by atoms with E-state index in [4.69, 9.17) is 5.73 Å². The molecule has 1 aromatic rings. The highest BCUT2D eigenvalue weighted by molar-refractivity contribution is 5.15. The summed E-state index contributed by atoms with van der Waals surface area (Å²) < 4.78 is 0. The fourth-order valence-corrected chi connectivity index (χ4v) is 2.40. The van der Waals surface area contributed by atoms with Gasteiger partial charge in [-0.3, -0.25) is 4.90 Å². The molecule has 0 amide bonds. The summed E-state index contributed by atoms with van der Waals surface area (Å²) in [5.41, 5.74) is 7.72. The third-order valence-corrected chi connectivity index (χ3v) is 3.65. The van der Waals surface area contributed by atoms with E-state index in [1.54, 1.807) is 0 Å². The molecule has 0 unspecified atom stereocenters. The van der Waals surface area contributed by atoms with Crippen LogP contribution in [0.4, 0.5) is 0 Å². The molecule has 0 saturated carbocycles. The van der Waals surface area contributed by atoms with Crippen LogP contribution in [-0.2, 0) is 6.54 Å². The van der Waals surface area contributed by atoms with E-state index >= 15 is 0 Å². The van der Waals surface area contributed by atoms with Crippen molar-refractivity contribution >= 4 is 0 Å². The van der Waals surface area contributed by atoms with Gasteiger partial charge in [0.2, 0.25) is 0 Å². The Labute approximate surface area is 98.4 Å². The lowest BCUT2D eigenvalue weighted by Gasteiger charge is -2.44. The molecule has 0 radical (unpaired) electrons. The first-order valence-electron chi connectivity index (χ1n) is 6.12. The number of hydrogen-bond donors (Lipinski definition) is 1. The predicted octanol–water partition coefficient (Wildman–Crippen LogP) is 2.39. The van der Waals surface area contributed by atoms with Gasteiger partial charge in [0, 0.05) is 24.7 Å². The molecule has 1 aliphatic rings. The summed E-state index contributed by atoms with van der Waals surface area (Å²) in [5, 5.41) is 0. The van der Waals surface area contributed by atoms with Crippen LogP contribution in [0.5, 0.6) is 0 Å². The molecule has 1 aromatic carbocycles. The van der Waals surface area contributed by atoms with E-state index < -0.39 is 0 Å². The van der Waals surface area contributed by atoms with Crippen LogP contribution in [0, 0.1) is 0 Å². The Kier molecular flexibility index (Phi) is 3.31. The van der Waals surface area contributed by atoms with Gasteiger partial charge in [-0.15, -0.1) is 0 Å². The minimum atomic E-state index is 0.283. The molecule has 1 saturated heterocycles. The summed E-state index contributed by atoms with van der Waals surface area (Å²) in [4.78, 5) is 2.51. The molecular formula is C14H22N2. The first-order valence-corrected chi connectivity index (χ1v) is 6.12. The van der Waals surface area contributed by atoms with Crippen LogP contribution in [0.15, 0.2) is 30.3 Å². The van der Waals surface area contributed by atoms with Gasteiger partial charge >= 0.3 is 0 Å². The SMILES string of the molecule is CC1(C)CC[C@H](N)CN1Cc1ccccc1. The van der Waals surface area contributed by atoms with Crippen molar-refractivity contribution in [3.8, 4) is 0 Å². The van der Waals surface area contributed by atoms with Crippen molar-refractivity contribution < 1.29 is 0 Å². The quantitative estimate of drug-likeness (QED) is 0.826. The van der Waals surface area contributed by atoms with Gasteiger partial charge in [-0.2, -0.15) is 0 Å². The van der Waals surface area contributed by atoms with Crippen LogP contribution in [0.1, 0.15) is 32.3 Å². The third kappa shape index (κ3) is 2.63. The maximum absolute atomic E-state index is 6.06. The molecule has 16 heavy (non-hydrogen) atoms. The van der Waals surface area contributed by atoms with Crippen LogP contribution in [0.3, 0.4) is 0 Å². The fourth-order valence-electron chi connectivity index (χ4n) is 2.40. The number of likely N-dealkylation sites (tertiary alicyclic amines) is 1.